The molecule has 1 amide bonds. The second-order valence-electron chi connectivity index (χ2n) is 7.59. The average molecular weight is 445 g/mol. The fourth-order valence-electron chi connectivity index (χ4n) is 4.02. The number of rotatable bonds is 8. The molecule has 32 heavy (non-hydrogen) atoms. The zero-order valence-corrected chi connectivity index (χ0v) is 18.6. The van der Waals surface area contributed by atoms with Gasteiger partial charge in [0.2, 0.25) is 0 Å². The van der Waals surface area contributed by atoms with Crippen LogP contribution >= 0.6 is 11.3 Å². The molecule has 5 rings (SSSR count). The van der Waals surface area contributed by atoms with Crippen molar-refractivity contribution < 1.29 is 9.53 Å². The molecule has 0 radical (unpaired) electrons. The number of carbonyl (C=O) groups is 1. The maximum atomic E-state index is 12.7. The van der Waals surface area contributed by atoms with Crippen LogP contribution in [0, 0.1) is 0 Å². The first-order chi connectivity index (χ1) is 15.7. The third-order valence-electron chi connectivity index (χ3n) is 5.60. The highest BCUT2D eigenvalue weighted by atomic mass is 32.1. The lowest BCUT2D eigenvalue weighted by Gasteiger charge is -2.08. The van der Waals surface area contributed by atoms with Gasteiger partial charge in [-0.3, -0.25) is 4.79 Å². The van der Waals surface area contributed by atoms with Crippen molar-refractivity contribution >= 4 is 39.0 Å². The minimum absolute atomic E-state index is 0.150. The Morgan fingerprint density at radius 1 is 1.03 bits per heavy atom. The average Bonchev–Trinajstić information content (AvgIpc) is 3.55. The monoisotopic (exact) mass is 444 g/mol. The highest BCUT2D eigenvalue weighted by Gasteiger charge is 2.16. The van der Waals surface area contributed by atoms with Gasteiger partial charge in [0.25, 0.3) is 5.91 Å². The van der Waals surface area contributed by atoms with Crippen molar-refractivity contribution in [3.05, 3.63) is 77.9 Å². The van der Waals surface area contributed by atoms with Gasteiger partial charge in [-0.2, -0.15) is 0 Å². The van der Waals surface area contributed by atoms with E-state index < -0.39 is 0 Å². The molecule has 0 saturated carbocycles. The summed E-state index contributed by atoms with van der Waals surface area (Å²) >= 11 is 1.49. The lowest BCUT2D eigenvalue weighted by atomic mass is 10.2. The molecule has 0 atom stereocenters. The summed E-state index contributed by atoms with van der Waals surface area (Å²) in [5.41, 5.74) is 3.76. The highest BCUT2D eigenvalue weighted by molar-refractivity contribution is 7.13. The Bertz CT molecular complexity index is 1380. The van der Waals surface area contributed by atoms with Gasteiger partial charge in [-0.25, -0.2) is 4.98 Å². The molecule has 6 nitrogen and oxygen atoms in total. The topological polar surface area (TPSA) is 61.1 Å². The van der Waals surface area contributed by atoms with E-state index in [9.17, 15) is 4.79 Å². The molecular formula is C25H24N4O2S. The van der Waals surface area contributed by atoms with Gasteiger partial charge in [-0.15, -0.1) is 11.3 Å². The summed E-state index contributed by atoms with van der Waals surface area (Å²) < 4.78 is 9.65. The van der Waals surface area contributed by atoms with Crippen LogP contribution < -0.4 is 5.32 Å². The quantitative estimate of drug-likeness (QED) is 0.374. The summed E-state index contributed by atoms with van der Waals surface area (Å²) in [6.07, 6.45) is 2.05. The normalized spacial score (nSPS) is 11.4. The number of hydrogen-bond acceptors (Lipinski definition) is 4. The Morgan fingerprint density at radius 3 is 2.66 bits per heavy atom. The molecule has 2 aromatic carbocycles. The van der Waals surface area contributed by atoms with E-state index >= 15 is 0 Å². The van der Waals surface area contributed by atoms with Crippen molar-refractivity contribution in [2.45, 2.75) is 13.1 Å². The van der Waals surface area contributed by atoms with Gasteiger partial charge in [0.15, 0.2) is 0 Å². The second-order valence-corrected chi connectivity index (χ2v) is 8.45. The fraction of sp³-hybridized carbons (Fsp3) is 0.200. The molecule has 0 aliphatic carbocycles. The lowest BCUT2D eigenvalue weighted by molar-refractivity contribution is 0.0948. The largest absolute Gasteiger partial charge is 0.383 e. The van der Waals surface area contributed by atoms with Crippen LogP contribution in [0.5, 0.6) is 0 Å². The minimum Gasteiger partial charge on any atom is -0.383 e. The third kappa shape index (κ3) is 3.92. The molecule has 0 spiro atoms. The van der Waals surface area contributed by atoms with Gasteiger partial charge >= 0.3 is 0 Å². The van der Waals surface area contributed by atoms with E-state index in [1.54, 1.807) is 7.11 Å². The van der Waals surface area contributed by atoms with Gasteiger partial charge in [0, 0.05) is 54.7 Å². The number of ether oxygens (including phenoxy) is 1. The Balaban J connectivity index is 1.31. The fourth-order valence-corrected chi connectivity index (χ4v) is 4.85. The van der Waals surface area contributed by atoms with E-state index in [1.165, 1.54) is 22.2 Å². The predicted molar refractivity (Wildman–Crippen MR) is 129 cm³/mol. The first kappa shape index (κ1) is 20.5. The summed E-state index contributed by atoms with van der Waals surface area (Å²) in [5.74, 6) is -0.150. The molecule has 162 valence electrons. The summed E-state index contributed by atoms with van der Waals surface area (Å²) in [4.78, 5) is 17.4. The summed E-state index contributed by atoms with van der Waals surface area (Å²) in [6.45, 7) is 2.59. The molecule has 3 aromatic heterocycles. The number of nitrogens with zero attached hydrogens (tertiary/aromatic N) is 3. The number of nitrogens with one attached hydrogen (secondary N) is 1. The molecule has 0 saturated heterocycles. The number of fused-ring (bicyclic) bond motifs is 2. The number of benzene rings is 2. The molecular weight excluding hydrogens is 420 g/mol. The van der Waals surface area contributed by atoms with E-state index in [-0.39, 0.29) is 5.91 Å². The molecule has 0 bridgehead atoms. The van der Waals surface area contributed by atoms with E-state index in [0.29, 0.717) is 25.4 Å². The van der Waals surface area contributed by atoms with Crippen LogP contribution in [-0.2, 0) is 17.8 Å². The van der Waals surface area contributed by atoms with Gasteiger partial charge in [0.05, 0.1) is 12.3 Å². The van der Waals surface area contributed by atoms with Crippen molar-refractivity contribution in [1.82, 2.24) is 19.4 Å². The van der Waals surface area contributed by atoms with Crippen LogP contribution in [0.2, 0.25) is 0 Å². The predicted octanol–water partition coefficient (Wildman–Crippen LogP) is 4.80. The van der Waals surface area contributed by atoms with Gasteiger partial charge < -0.3 is 19.2 Å². The third-order valence-corrected chi connectivity index (χ3v) is 6.47. The van der Waals surface area contributed by atoms with Crippen molar-refractivity contribution in [2.75, 3.05) is 20.3 Å². The standard InChI is InChI=1S/C25H24N4O2S/c1-31-15-14-29-22-9-5-3-7-19(22)16-23(29)25-27-20(17-32-25)24(30)26-11-13-28-12-10-18-6-2-4-8-21(18)28/h2-10,12,16-17H,11,13-15H2,1H3,(H,26,30). The van der Waals surface area contributed by atoms with Crippen LogP contribution in [-0.4, -0.2) is 40.3 Å². The molecule has 1 N–H and O–H groups in total. The first-order valence-corrected chi connectivity index (χ1v) is 11.5. The zero-order valence-electron chi connectivity index (χ0n) is 17.8. The van der Waals surface area contributed by atoms with E-state index in [1.807, 2.05) is 29.6 Å². The van der Waals surface area contributed by atoms with Crippen LogP contribution in [0.4, 0.5) is 0 Å². The molecule has 0 aliphatic rings. The van der Waals surface area contributed by atoms with Crippen molar-refractivity contribution in [3.63, 3.8) is 0 Å². The number of para-hydroxylation sites is 2. The molecule has 0 fully saturated rings. The number of carbonyl (C=O) groups excluding carboxylic acids is 1. The van der Waals surface area contributed by atoms with Gasteiger partial charge in [0.1, 0.15) is 10.7 Å². The van der Waals surface area contributed by atoms with Crippen molar-refractivity contribution in [1.29, 1.82) is 0 Å². The smallest absolute Gasteiger partial charge is 0.270 e. The first-order valence-electron chi connectivity index (χ1n) is 10.6. The summed E-state index contributed by atoms with van der Waals surface area (Å²) in [6, 6.07) is 20.7. The van der Waals surface area contributed by atoms with E-state index in [0.717, 1.165) is 28.1 Å². The van der Waals surface area contributed by atoms with Gasteiger partial charge in [-0.1, -0.05) is 36.4 Å². The van der Waals surface area contributed by atoms with Crippen LogP contribution in [0.3, 0.4) is 0 Å². The van der Waals surface area contributed by atoms with Gasteiger partial charge in [-0.05, 0) is 29.7 Å². The lowest BCUT2D eigenvalue weighted by Crippen LogP contribution is -2.27. The van der Waals surface area contributed by atoms with Crippen molar-refractivity contribution in [3.8, 4) is 10.7 Å². The maximum Gasteiger partial charge on any atom is 0.270 e. The molecule has 3 heterocycles. The number of hydrogen-bond donors (Lipinski definition) is 1. The van der Waals surface area contributed by atoms with Crippen molar-refractivity contribution in [2.24, 2.45) is 0 Å². The van der Waals surface area contributed by atoms with E-state index in [4.69, 9.17) is 4.74 Å². The second kappa shape index (κ2) is 8.98. The number of thiazole rings is 1. The Labute approximate surface area is 190 Å². The summed E-state index contributed by atoms with van der Waals surface area (Å²) in [5, 5.41) is 8.01. The summed E-state index contributed by atoms with van der Waals surface area (Å²) in [7, 11) is 1.70. The maximum absolute atomic E-state index is 12.7. The van der Waals surface area contributed by atoms with Crippen LogP contribution in [0.25, 0.3) is 32.5 Å². The number of aromatic nitrogens is 3. The zero-order chi connectivity index (χ0) is 21.9. The molecule has 5 aromatic rings. The Kier molecular flexibility index (Phi) is 5.75. The Morgan fingerprint density at radius 2 is 1.81 bits per heavy atom. The number of methoxy groups -OCH3 is 1. The molecule has 7 heteroatoms. The number of amides is 1. The molecule has 0 aliphatic heterocycles. The highest BCUT2D eigenvalue weighted by Crippen LogP contribution is 2.30. The Hall–Kier alpha value is -3.42. The molecule has 0 unspecified atom stereocenters. The van der Waals surface area contributed by atoms with Crippen LogP contribution in [0.15, 0.2) is 72.2 Å². The minimum atomic E-state index is -0.150. The van der Waals surface area contributed by atoms with E-state index in [2.05, 4.69) is 62.0 Å². The van der Waals surface area contributed by atoms with Crippen LogP contribution in [0.1, 0.15) is 10.5 Å². The SMILES string of the molecule is COCCn1c(-c2nc(C(=O)NCCn3ccc4ccccc43)cs2)cc2ccccc21.